The van der Waals surface area contributed by atoms with E-state index in [1.807, 2.05) is 6.92 Å². The number of aromatic nitrogens is 2. The fourth-order valence-electron chi connectivity index (χ4n) is 4.06. The molecule has 2 fully saturated rings. The molecule has 3 heterocycles. The van der Waals surface area contributed by atoms with Gasteiger partial charge in [-0.25, -0.2) is 8.42 Å². The second kappa shape index (κ2) is 7.87. The Kier molecular flexibility index (Phi) is 5.44. The van der Waals surface area contributed by atoms with Gasteiger partial charge in [-0.2, -0.15) is 9.29 Å². The molecule has 1 aromatic heterocycles. The largest absolute Gasteiger partial charge is 0.334 e. The summed E-state index contributed by atoms with van der Waals surface area (Å²) >= 11 is 0. The zero-order valence-corrected chi connectivity index (χ0v) is 17.6. The summed E-state index contributed by atoms with van der Waals surface area (Å²) in [4.78, 5) is 18.6. The number of likely N-dealkylation sites (tertiary alicyclic amines) is 1. The van der Waals surface area contributed by atoms with E-state index in [-0.39, 0.29) is 28.6 Å². The van der Waals surface area contributed by atoms with Crippen molar-refractivity contribution in [2.45, 2.75) is 56.9 Å². The Morgan fingerprint density at radius 1 is 1.14 bits per heavy atom. The zero-order chi connectivity index (χ0) is 20.6. The van der Waals surface area contributed by atoms with Crippen LogP contribution < -0.4 is 0 Å². The van der Waals surface area contributed by atoms with E-state index in [4.69, 9.17) is 4.52 Å². The first-order chi connectivity index (χ1) is 13.9. The first kappa shape index (κ1) is 20.0. The van der Waals surface area contributed by atoms with Crippen molar-refractivity contribution in [2.75, 3.05) is 19.6 Å². The van der Waals surface area contributed by atoms with Gasteiger partial charge in [-0.05, 0) is 51.2 Å². The van der Waals surface area contributed by atoms with Crippen molar-refractivity contribution in [1.29, 1.82) is 0 Å². The molecule has 1 aromatic carbocycles. The summed E-state index contributed by atoms with van der Waals surface area (Å²) in [5, 5.41) is 3.92. The Hall–Kier alpha value is -2.26. The molecule has 2 aliphatic rings. The molecule has 0 saturated carbocycles. The number of piperidine rings is 1. The van der Waals surface area contributed by atoms with Gasteiger partial charge in [0.15, 0.2) is 0 Å². The van der Waals surface area contributed by atoms with Gasteiger partial charge in [0.2, 0.25) is 15.8 Å². The first-order valence-corrected chi connectivity index (χ1v) is 11.6. The topological polar surface area (TPSA) is 96.6 Å². The van der Waals surface area contributed by atoms with Gasteiger partial charge in [0.05, 0.1) is 4.90 Å². The maximum atomic E-state index is 13.3. The molecule has 2 aromatic rings. The highest BCUT2D eigenvalue weighted by Crippen LogP contribution is 2.30. The van der Waals surface area contributed by atoms with E-state index < -0.39 is 10.0 Å². The molecular formula is C20H26N4O4S. The Balaban J connectivity index is 1.64. The lowest BCUT2D eigenvalue weighted by Gasteiger charge is -2.32. The summed E-state index contributed by atoms with van der Waals surface area (Å²) in [6.07, 6.45) is 4.73. The first-order valence-electron chi connectivity index (χ1n) is 10.1. The third kappa shape index (κ3) is 3.81. The number of benzene rings is 1. The van der Waals surface area contributed by atoms with Crippen LogP contribution in [0.25, 0.3) is 11.4 Å². The van der Waals surface area contributed by atoms with Gasteiger partial charge in [-0.1, -0.05) is 23.7 Å². The number of hydrogen-bond donors (Lipinski definition) is 0. The van der Waals surface area contributed by atoms with E-state index in [0.29, 0.717) is 30.8 Å². The van der Waals surface area contributed by atoms with E-state index in [1.165, 1.54) is 0 Å². The number of hydrogen-bond acceptors (Lipinski definition) is 6. The van der Waals surface area contributed by atoms with Crippen LogP contribution in [0.15, 0.2) is 27.6 Å². The summed E-state index contributed by atoms with van der Waals surface area (Å²) in [5.74, 6) is -0.115. The number of carbonyl (C=O) groups excluding carboxylic acids is 1. The van der Waals surface area contributed by atoms with Crippen molar-refractivity contribution in [1.82, 2.24) is 19.3 Å². The van der Waals surface area contributed by atoms with E-state index in [2.05, 4.69) is 10.1 Å². The quantitative estimate of drug-likeness (QED) is 0.757. The highest BCUT2D eigenvalue weighted by molar-refractivity contribution is 7.89. The summed E-state index contributed by atoms with van der Waals surface area (Å²) in [7, 11) is -3.62. The smallest absolute Gasteiger partial charge is 0.316 e. The van der Waals surface area contributed by atoms with Gasteiger partial charge in [-0.15, -0.1) is 0 Å². The Morgan fingerprint density at radius 2 is 1.86 bits per heavy atom. The SMILES string of the molecule is Cc1ccc(-c2noc(C(=O)N3CCCC3)n2)cc1S(=O)(=O)N1CCCC[C@H]1C. The van der Waals surface area contributed by atoms with Crippen molar-refractivity contribution >= 4 is 15.9 Å². The molecule has 2 saturated heterocycles. The van der Waals surface area contributed by atoms with E-state index >= 15 is 0 Å². The van der Waals surface area contributed by atoms with Crippen LogP contribution in [0.4, 0.5) is 0 Å². The number of rotatable bonds is 4. The lowest BCUT2D eigenvalue weighted by molar-refractivity contribution is 0.0743. The lowest BCUT2D eigenvalue weighted by atomic mass is 10.1. The van der Waals surface area contributed by atoms with Crippen molar-refractivity contribution in [2.24, 2.45) is 0 Å². The van der Waals surface area contributed by atoms with Crippen LogP contribution in [0.5, 0.6) is 0 Å². The molecule has 4 rings (SSSR count). The average Bonchev–Trinajstić information content (AvgIpc) is 3.40. The molecule has 0 bridgehead atoms. The van der Waals surface area contributed by atoms with Crippen molar-refractivity contribution in [3.63, 3.8) is 0 Å². The lowest BCUT2D eigenvalue weighted by Crippen LogP contribution is -2.42. The zero-order valence-electron chi connectivity index (χ0n) is 16.8. The van der Waals surface area contributed by atoms with E-state index in [1.54, 1.807) is 34.3 Å². The van der Waals surface area contributed by atoms with Crippen LogP contribution in [0.3, 0.4) is 0 Å². The third-order valence-corrected chi connectivity index (χ3v) is 7.93. The van der Waals surface area contributed by atoms with E-state index in [0.717, 1.165) is 32.1 Å². The predicted molar refractivity (Wildman–Crippen MR) is 107 cm³/mol. The minimum absolute atomic E-state index is 0.0216. The van der Waals surface area contributed by atoms with Crippen LogP contribution in [0, 0.1) is 6.92 Å². The molecule has 0 unspecified atom stereocenters. The Labute approximate surface area is 170 Å². The second-order valence-corrected chi connectivity index (χ2v) is 9.72. The average molecular weight is 419 g/mol. The van der Waals surface area contributed by atoms with Gasteiger partial charge in [-0.3, -0.25) is 4.79 Å². The van der Waals surface area contributed by atoms with E-state index in [9.17, 15) is 13.2 Å². The maximum absolute atomic E-state index is 13.3. The molecule has 9 heteroatoms. The molecular weight excluding hydrogens is 392 g/mol. The third-order valence-electron chi connectivity index (χ3n) is 5.78. The van der Waals surface area contributed by atoms with Gasteiger partial charge < -0.3 is 9.42 Å². The van der Waals surface area contributed by atoms with Gasteiger partial charge in [0, 0.05) is 31.2 Å². The van der Waals surface area contributed by atoms with Crippen molar-refractivity contribution < 1.29 is 17.7 Å². The highest BCUT2D eigenvalue weighted by atomic mass is 32.2. The minimum Gasteiger partial charge on any atom is -0.334 e. The molecule has 1 atom stereocenters. The van der Waals surface area contributed by atoms with Crippen LogP contribution in [-0.2, 0) is 10.0 Å². The summed E-state index contributed by atoms with van der Waals surface area (Å²) < 4.78 is 33.3. The highest BCUT2D eigenvalue weighted by Gasteiger charge is 2.32. The standard InChI is InChI=1S/C20H26N4O4S/c1-14-8-9-16(13-17(14)29(26,27)24-12-4-3-7-15(24)2)18-21-19(28-22-18)20(25)23-10-5-6-11-23/h8-9,13,15H,3-7,10-12H2,1-2H3/t15-/m1/s1. The number of nitrogens with zero attached hydrogens (tertiary/aromatic N) is 4. The summed E-state index contributed by atoms with van der Waals surface area (Å²) in [6.45, 7) is 5.65. The molecule has 8 nitrogen and oxygen atoms in total. The van der Waals surface area contributed by atoms with Crippen molar-refractivity contribution in [3.8, 4) is 11.4 Å². The normalized spacial score (nSPS) is 20.9. The number of carbonyl (C=O) groups is 1. The molecule has 0 radical (unpaired) electrons. The molecule has 29 heavy (non-hydrogen) atoms. The fraction of sp³-hybridized carbons (Fsp3) is 0.550. The Bertz CT molecular complexity index is 1010. The molecule has 2 aliphatic heterocycles. The number of amides is 1. The van der Waals surface area contributed by atoms with Gasteiger partial charge in [0.1, 0.15) is 0 Å². The maximum Gasteiger partial charge on any atom is 0.316 e. The van der Waals surface area contributed by atoms with Crippen LogP contribution in [0.1, 0.15) is 55.3 Å². The summed E-state index contributed by atoms with van der Waals surface area (Å²) in [6, 6.07) is 5.06. The second-order valence-electron chi connectivity index (χ2n) is 7.86. The van der Waals surface area contributed by atoms with Gasteiger partial charge >= 0.3 is 11.8 Å². The molecule has 0 aliphatic carbocycles. The molecule has 0 N–H and O–H groups in total. The number of aryl methyl sites for hydroxylation is 1. The fourth-order valence-corrected chi connectivity index (χ4v) is 6.01. The molecule has 0 spiro atoms. The minimum atomic E-state index is -3.62. The van der Waals surface area contributed by atoms with Crippen LogP contribution >= 0.6 is 0 Å². The predicted octanol–water partition coefficient (Wildman–Crippen LogP) is 2.84. The van der Waals surface area contributed by atoms with Crippen molar-refractivity contribution in [3.05, 3.63) is 29.7 Å². The van der Waals surface area contributed by atoms with Crippen LogP contribution in [-0.4, -0.2) is 59.3 Å². The Morgan fingerprint density at radius 3 is 2.59 bits per heavy atom. The van der Waals surface area contributed by atoms with Crippen LogP contribution in [0.2, 0.25) is 0 Å². The monoisotopic (exact) mass is 418 g/mol. The molecule has 1 amide bonds. The molecule has 156 valence electrons. The summed E-state index contributed by atoms with van der Waals surface area (Å²) in [5.41, 5.74) is 1.19. The number of sulfonamides is 1. The van der Waals surface area contributed by atoms with Gasteiger partial charge in [0.25, 0.3) is 0 Å².